The first-order valence-corrected chi connectivity index (χ1v) is 10.3. The third-order valence-electron chi connectivity index (χ3n) is 3.59. The molecule has 0 fully saturated rings. The SMILES string of the molecule is CC(C)CS(=O)(=O)c1nn2c(N)c(/C=C3/C=CC(=O)C(O)=C3)c(=O)nc2s1. The lowest BCUT2D eigenvalue weighted by atomic mass is 10.1. The molecule has 0 saturated carbocycles. The highest BCUT2D eigenvalue weighted by atomic mass is 32.2. The summed E-state index contributed by atoms with van der Waals surface area (Å²) in [5, 5.41) is 13.5. The first-order chi connectivity index (χ1) is 12.6. The molecule has 3 rings (SSSR count). The Labute approximate surface area is 158 Å². The number of nitrogen functional groups attached to an aromatic ring is 1. The molecular formula is C16H16N4O5S2. The van der Waals surface area contributed by atoms with Gasteiger partial charge in [-0.1, -0.05) is 31.3 Å². The van der Waals surface area contributed by atoms with E-state index < -0.39 is 26.9 Å². The minimum Gasteiger partial charge on any atom is -0.504 e. The predicted octanol–water partition coefficient (Wildman–Crippen LogP) is 1.13. The molecule has 9 nitrogen and oxygen atoms in total. The highest BCUT2D eigenvalue weighted by Gasteiger charge is 2.23. The number of hydrogen-bond donors (Lipinski definition) is 2. The second-order valence-electron chi connectivity index (χ2n) is 6.32. The van der Waals surface area contributed by atoms with Crippen molar-refractivity contribution in [1.29, 1.82) is 0 Å². The summed E-state index contributed by atoms with van der Waals surface area (Å²) in [4.78, 5) is 27.5. The van der Waals surface area contributed by atoms with E-state index in [0.29, 0.717) is 5.57 Å². The van der Waals surface area contributed by atoms with Crippen LogP contribution in [0.5, 0.6) is 0 Å². The Bertz CT molecular complexity index is 1200. The molecule has 142 valence electrons. The van der Waals surface area contributed by atoms with Crippen LogP contribution in [0.15, 0.2) is 38.7 Å². The van der Waals surface area contributed by atoms with E-state index in [1.807, 2.05) is 0 Å². The van der Waals surface area contributed by atoms with Gasteiger partial charge in [-0.3, -0.25) is 9.59 Å². The summed E-state index contributed by atoms with van der Waals surface area (Å²) >= 11 is 0.772. The van der Waals surface area contributed by atoms with Crippen LogP contribution in [0.3, 0.4) is 0 Å². The Morgan fingerprint density at radius 3 is 2.67 bits per heavy atom. The third kappa shape index (κ3) is 3.69. The fraction of sp³-hybridized carbons (Fsp3) is 0.250. The van der Waals surface area contributed by atoms with Crippen molar-refractivity contribution in [1.82, 2.24) is 14.6 Å². The number of sulfone groups is 1. The van der Waals surface area contributed by atoms with E-state index in [4.69, 9.17) is 5.73 Å². The molecule has 0 aliphatic heterocycles. The molecule has 0 spiro atoms. The molecule has 1 aliphatic carbocycles. The third-order valence-corrected chi connectivity index (χ3v) is 7.02. The number of rotatable bonds is 4. The highest BCUT2D eigenvalue weighted by molar-refractivity contribution is 7.93. The molecule has 0 unspecified atom stereocenters. The van der Waals surface area contributed by atoms with Crippen LogP contribution in [0.2, 0.25) is 0 Å². The first-order valence-electron chi connectivity index (χ1n) is 7.85. The van der Waals surface area contributed by atoms with Gasteiger partial charge in [0.05, 0.1) is 11.3 Å². The lowest BCUT2D eigenvalue weighted by molar-refractivity contribution is -0.113. The van der Waals surface area contributed by atoms with Gasteiger partial charge in [-0.05, 0) is 29.7 Å². The summed E-state index contributed by atoms with van der Waals surface area (Å²) in [5.74, 6) is -1.28. The van der Waals surface area contributed by atoms with Crippen molar-refractivity contribution in [3.63, 3.8) is 0 Å². The second kappa shape index (κ2) is 6.74. The Balaban J connectivity index is 2.14. The predicted molar refractivity (Wildman–Crippen MR) is 101 cm³/mol. The summed E-state index contributed by atoms with van der Waals surface area (Å²) in [7, 11) is -3.62. The molecule has 2 aromatic heterocycles. The maximum atomic E-state index is 12.4. The van der Waals surface area contributed by atoms with Crippen LogP contribution in [0.4, 0.5) is 5.82 Å². The maximum absolute atomic E-state index is 12.4. The Hall–Kier alpha value is -2.79. The summed E-state index contributed by atoms with van der Waals surface area (Å²) < 4.78 is 25.7. The molecule has 0 bridgehead atoms. The molecule has 3 N–H and O–H groups in total. The van der Waals surface area contributed by atoms with Crippen molar-refractivity contribution in [3.05, 3.63) is 45.5 Å². The smallest absolute Gasteiger partial charge is 0.283 e. The Kier molecular flexibility index (Phi) is 4.74. The van der Waals surface area contributed by atoms with E-state index in [2.05, 4.69) is 10.1 Å². The van der Waals surface area contributed by atoms with Crippen LogP contribution in [0.1, 0.15) is 19.4 Å². The molecule has 2 heterocycles. The molecular weight excluding hydrogens is 392 g/mol. The monoisotopic (exact) mass is 408 g/mol. The fourth-order valence-electron chi connectivity index (χ4n) is 2.43. The Morgan fingerprint density at radius 2 is 2.04 bits per heavy atom. The summed E-state index contributed by atoms with van der Waals surface area (Å²) in [6.45, 7) is 3.55. The quantitative estimate of drug-likeness (QED) is 0.766. The number of hydrogen-bond acceptors (Lipinski definition) is 9. The van der Waals surface area contributed by atoms with Crippen LogP contribution in [-0.4, -0.2) is 39.7 Å². The lowest BCUT2D eigenvalue weighted by Gasteiger charge is -2.05. The average molecular weight is 408 g/mol. The molecule has 27 heavy (non-hydrogen) atoms. The van der Waals surface area contributed by atoms with Crippen molar-refractivity contribution in [2.24, 2.45) is 5.92 Å². The van der Waals surface area contributed by atoms with Crippen molar-refractivity contribution >= 4 is 43.8 Å². The average Bonchev–Trinajstić information content (AvgIpc) is 2.98. The van der Waals surface area contributed by atoms with Gasteiger partial charge in [0.1, 0.15) is 5.82 Å². The van der Waals surface area contributed by atoms with E-state index in [0.717, 1.165) is 21.9 Å². The number of carbonyl (C=O) groups is 1. The zero-order valence-electron chi connectivity index (χ0n) is 14.4. The van der Waals surface area contributed by atoms with Gasteiger partial charge in [-0.2, -0.15) is 9.50 Å². The fourth-order valence-corrected chi connectivity index (χ4v) is 5.22. The van der Waals surface area contributed by atoms with Crippen molar-refractivity contribution in [2.75, 3.05) is 11.5 Å². The van der Waals surface area contributed by atoms with Crippen LogP contribution in [0, 0.1) is 5.92 Å². The number of anilines is 1. The number of aromatic nitrogens is 3. The maximum Gasteiger partial charge on any atom is 0.283 e. The Morgan fingerprint density at radius 1 is 1.33 bits per heavy atom. The summed E-state index contributed by atoms with van der Waals surface area (Å²) in [5.41, 5.74) is 5.68. The molecule has 1 aliphatic rings. The van der Waals surface area contributed by atoms with Gasteiger partial charge in [-0.25, -0.2) is 8.42 Å². The second-order valence-corrected chi connectivity index (χ2v) is 9.49. The van der Waals surface area contributed by atoms with Gasteiger partial charge in [-0.15, -0.1) is 5.10 Å². The van der Waals surface area contributed by atoms with Gasteiger partial charge in [0.25, 0.3) is 5.56 Å². The van der Waals surface area contributed by atoms with Crippen LogP contribution in [0.25, 0.3) is 11.0 Å². The number of nitrogens with zero attached hydrogens (tertiary/aromatic N) is 3. The molecule has 0 aromatic carbocycles. The number of carbonyl (C=O) groups excluding carboxylic acids is 1. The largest absolute Gasteiger partial charge is 0.504 e. The van der Waals surface area contributed by atoms with Crippen molar-refractivity contribution in [3.8, 4) is 0 Å². The molecule has 2 aromatic rings. The van der Waals surface area contributed by atoms with E-state index >= 15 is 0 Å². The number of fused-ring (bicyclic) bond motifs is 1. The number of allylic oxidation sites excluding steroid dienone is 4. The summed E-state index contributed by atoms with van der Waals surface area (Å²) in [6.07, 6.45) is 5.10. The van der Waals surface area contributed by atoms with Crippen LogP contribution < -0.4 is 11.3 Å². The zero-order chi connectivity index (χ0) is 19.9. The number of nitrogens with two attached hydrogens (primary N) is 1. The highest BCUT2D eigenvalue weighted by Crippen LogP contribution is 2.24. The molecule has 0 amide bonds. The van der Waals surface area contributed by atoms with Crippen molar-refractivity contribution < 1.29 is 18.3 Å². The normalized spacial score (nSPS) is 16.5. The zero-order valence-corrected chi connectivity index (χ0v) is 16.0. The van der Waals surface area contributed by atoms with Crippen LogP contribution >= 0.6 is 11.3 Å². The van der Waals surface area contributed by atoms with E-state index in [1.165, 1.54) is 18.2 Å². The summed E-state index contributed by atoms with van der Waals surface area (Å²) in [6, 6.07) is 0. The van der Waals surface area contributed by atoms with Gasteiger partial charge in [0.2, 0.25) is 24.9 Å². The molecule has 11 heteroatoms. The minimum absolute atomic E-state index is 0.0244. The van der Waals surface area contributed by atoms with E-state index in [1.54, 1.807) is 13.8 Å². The van der Waals surface area contributed by atoms with E-state index in [-0.39, 0.29) is 32.4 Å². The minimum atomic E-state index is -3.62. The van der Waals surface area contributed by atoms with Gasteiger partial charge >= 0.3 is 0 Å². The molecule has 0 radical (unpaired) electrons. The number of aliphatic hydroxyl groups is 1. The standard InChI is InChI=1S/C16H16N4O5S2/c1-8(2)7-27(24,25)16-19-20-13(17)10(14(23)18-15(20)26-16)5-9-3-4-11(21)12(22)6-9/h3-6,8,22H,7,17H2,1-2H3/b9-5-. The van der Waals surface area contributed by atoms with Gasteiger partial charge < -0.3 is 10.8 Å². The van der Waals surface area contributed by atoms with Crippen LogP contribution in [-0.2, 0) is 14.6 Å². The lowest BCUT2D eigenvalue weighted by Crippen LogP contribution is -2.17. The van der Waals surface area contributed by atoms with Gasteiger partial charge in [0, 0.05) is 0 Å². The topological polar surface area (TPSA) is 145 Å². The molecule has 0 atom stereocenters. The molecule has 0 saturated heterocycles. The van der Waals surface area contributed by atoms with Crippen molar-refractivity contribution in [2.45, 2.75) is 18.2 Å². The number of aliphatic hydroxyl groups excluding tert-OH is 1. The first kappa shape index (κ1) is 19.0. The van der Waals surface area contributed by atoms with Gasteiger partial charge in [0.15, 0.2) is 5.76 Å². The van der Waals surface area contributed by atoms with E-state index in [9.17, 15) is 23.1 Å². The number of ketones is 1.